The van der Waals surface area contributed by atoms with Crippen molar-refractivity contribution in [1.29, 1.82) is 0 Å². The Kier molecular flexibility index (Phi) is 7.81. The summed E-state index contributed by atoms with van der Waals surface area (Å²) in [7, 11) is 0. The van der Waals surface area contributed by atoms with E-state index in [1.165, 1.54) is 41.7 Å². The van der Waals surface area contributed by atoms with Gasteiger partial charge in [-0.05, 0) is 85.9 Å². The second-order valence-corrected chi connectivity index (χ2v) is 9.93. The minimum Gasteiger partial charge on any atom is -0.545 e. The SMILES string of the molecule is CCOc1cc(CN2CCC3(CC2)CN(c2ccc(C(=O)[O-])cc2)C(=O)N3)c(C2CC2)cc1C.[Na+]. The van der Waals surface area contributed by atoms with E-state index in [0.29, 0.717) is 24.8 Å². The van der Waals surface area contributed by atoms with Crippen molar-refractivity contribution < 1.29 is 49.0 Å². The quantitative estimate of drug-likeness (QED) is 0.567. The number of carbonyl (C=O) groups is 2. The third-order valence-corrected chi connectivity index (χ3v) is 7.45. The first-order chi connectivity index (χ1) is 16.4. The normalized spacial score (nSPS) is 19.4. The van der Waals surface area contributed by atoms with Gasteiger partial charge in [-0.2, -0.15) is 0 Å². The molecule has 2 aliphatic heterocycles. The molecule has 0 bridgehead atoms. The summed E-state index contributed by atoms with van der Waals surface area (Å²) >= 11 is 0. The van der Waals surface area contributed by atoms with E-state index in [4.69, 9.17) is 4.74 Å². The van der Waals surface area contributed by atoms with Crippen LogP contribution in [0.1, 0.15) is 65.6 Å². The van der Waals surface area contributed by atoms with Crippen molar-refractivity contribution in [1.82, 2.24) is 10.2 Å². The summed E-state index contributed by atoms with van der Waals surface area (Å²) < 4.78 is 5.88. The fourth-order valence-corrected chi connectivity index (χ4v) is 5.33. The van der Waals surface area contributed by atoms with Crippen molar-refractivity contribution in [2.75, 3.05) is 31.1 Å². The molecule has 3 fully saturated rings. The van der Waals surface area contributed by atoms with Crippen LogP contribution in [-0.2, 0) is 6.54 Å². The zero-order valence-corrected chi connectivity index (χ0v) is 22.9. The second kappa shape index (κ2) is 10.5. The van der Waals surface area contributed by atoms with Gasteiger partial charge in [0.1, 0.15) is 5.75 Å². The first-order valence-electron chi connectivity index (χ1n) is 12.3. The maximum Gasteiger partial charge on any atom is 1.00 e. The standard InChI is InChI=1S/C27H33N3O4.Na/c1-3-34-24-15-21(23(14-18(24)2)19-4-5-19)16-29-12-10-27(11-13-29)17-30(26(33)28-27)22-8-6-20(7-9-22)25(31)32;/h6-9,14-15,19H,3-5,10-13,16-17H2,1-2H3,(H,28,33)(H,31,32);/q;+1/p-1. The van der Waals surface area contributed by atoms with Crippen LogP contribution < -0.4 is 49.6 Å². The molecule has 3 aliphatic rings. The van der Waals surface area contributed by atoms with Gasteiger partial charge in [0.05, 0.1) is 24.7 Å². The molecule has 7 nitrogen and oxygen atoms in total. The van der Waals surface area contributed by atoms with Crippen LogP contribution in [0.5, 0.6) is 5.75 Å². The molecule has 2 saturated heterocycles. The molecular formula is C27H32N3NaO4. The minimum absolute atomic E-state index is 0. The number of nitrogens with one attached hydrogen (secondary N) is 1. The number of aryl methyl sites for hydroxylation is 1. The van der Waals surface area contributed by atoms with E-state index < -0.39 is 5.97 Å². The number of urea groups is 1. The molecule has 2 aromatic rings. The number of carbonyl (C=O) groups excluding carboxylic acids is 2. The number of rotatable bonds is 7. The van der Waals surface area contributed by atoms with Crippen LogP contribution >= 0.6 is 0 Å². The maximum absolute atomic E-state index is 12.8. The number of carboxylic acids is 1. The molecular weight excluding hydrogens is 453 g/mol. The Morgan fingerprint density at radius 3 is 2.46 bits per heavy atom. The Bertz CT molecular complexity index is 1090. The van der Waals surface area contributed by atoms with Crippen molar-refractivity contribution in [3.8, 4) is 5.75 Å². The summed E-state index contributed by atoms with van der Waals surface area (Å²) in [6.45, 7) is 8.16. The van der Waals surface area contributed by atoms with Gasteiger partial charge >= 0.3 is 35.6 Å². The van der Waals surface area contributed by atoms with Gasteiger partial charge in [0.15, 0.2) is 0 Å². The molecule has 1 saturated carbocycles. The molecule has 1 spiro atoms. The average Bonchev–Trinajstić information content (AvgIpc) is 3.61. The Morgan fingerprint density at radius 1 is 1.17 bits per heavy atom. The second-order valence-electron chi connectivity index (χ2n) is 9.93. The predicted molar refractivity (Wildman–Crippen MR) is 128 cm³/mol. The fourth-order valence-electron chi connectivity index (χ4n) is 5.33. The van der Waals surface area contributed by atoms with Gasteiger partial charge in [-0.1, -0.05) is 18.2 Å². The van der Waals surface area contributed by atoms with E-state index >= 15 is 0 Å². The number of ether oxygens (including phenoxy) is 1. The summed E-state index contributed by atoms with van der Waals surface area (Å²) in [5, 5.41) is 14.2. The van der Waals surface area contributed by atoms with Gasteiger partial charge in [0.25, 0.3) is 0 Å². The number of hydrogen-bond donors (Lipinski definition) is 1. The van der Waals surface area contributed by atoms with Gasteiger partial charge in [-0.15, -0.1) is 0 Å². The molecule has 0 radical (unpaired) electrons. The molecule has 2 amide bonds. The molecule has 180 valence electrons. The van der Waals surface area contributed by atoms with E-state index in [-0.39, 0.29) is 46.7 Å². The van der Waals surface area contributed by atoms with Crippen molar-refractivity contribution >= 4 is 17.7 Å². The smallest absolute Gasteiger partial charge is 0.545 e. The first kappa shape index (κ1) is 26.0. The van der Waals surface area contributed by atoms with E-state index in [9.17, 15) is 14.7 Å². The van der Waals surface area contributed by atoms with Crippen molar-refractivity contribution in [2.45, 2.75) is 57.5 Å². The average molecular weight is 486 g/mol. The van der Waals surface area contributed by atoms with Crippen LogP contribution in [0.15, 0.2) is 36.4 Å². The van der Waals surface area contributed by atoms with Crippen LogP contribution in [-0.4, -0.2) is 48.7 Å². The third kappa shape index (κ3) is 5.53. The maximum atomic E-state index is 12.8. The predicted octanol–water partition coefficient (Wildman–Crippen LogP) is 0.203. The molecule has 2 heterocycles. The monoisotopic (exact) mass is 485 g/mol. The molecule has 0 atom stereocenters. The number of nitrogens with zero attached hydrogens (tertiary/aromatic N) is 2. The summed E-state index contributed by atoms with van der Waals surface area (Å²) in [4.78, 5) is 28.0. The van der Waals surface area contributed by atoms with E-state index in [1.807, 2.05) is 6.92 Å². The van der Waals surface area contributed by atoms with Crippen LogP contribution in [0.3, 0.4) is 0 Å². The van der Waals surface area contributed by atoms with E-state index in [0.717, 1.165) is 38.2 Å². The largest absolute Gasteiger partial charge is 1.00 e. The third-order valence-electron chi connectivity index (χ3n) is 7.45. The van der Waals surface area contributed by atoms with Crippen LogP contribution in [0.4, 0.5) is 10.5 Å². The summed E-state index contributed by atoms with van der Waals surface area (Å²) in [6, 6.07) is 10.8. The molecule has 0 aromatic heterocycles. The van der Waals surface area contributed by atoms with Crippen LogP contribution in [0.25, 0.3) is 0 Å². The van der Waals surface area contributed by atoms with Crippen molar-refractivity contribution in [2.24, 2.45) is 0 Å². The molecule has 5 rings (SSSR count). The molecule has 0 unspecified atom stereocenters. The van der Waals surface area contributed by atoms with Gasteiger partial charge in [0, 0.05) is 25.3 Å². The van der Waals surface area contributed by atoms with E-state index in [1.54, 1.807) is 17.0 Å². The number of anilines is 1. The number of benzene rings is 2. The number of aromatic carboxylic acids is 1. The number of likely N-dealkylation sites (tertiary alicyclic amines) is 1. The molecule has 2 aromatic carbocycles. The summed E-state index contributed by atoms with van der Waals surface area (Å²) in [5.74, 6) is 0.457. The molecule has 8 heteroatoms. The van der Waals surface area contributed by atoms with Crippen LogP contribution in [0, 0.1) is 6.92 Å². The molecule has 1 aliphatic carbocycles. The van der Waals surface area contributed by atoms with Crippen LogP contribution in [0.2, 0.25) is 0 Å². The van der Waals surface area contributed by atoms with Gasteiger partial charge < -0.3 is 20.0 Å². The van der Waals surface area contributed by atoms with Gasteiger partial charge in [-0.25, -0.2) is 4.79 Å². The fraction of sp³-hybridized carbons (Fsp3) is 0.481. The Morgan fingerprint density at radius 2 is 1.86 bits per heavy atom. The molecule has 1 N–H and O–H groups in total. The topological polar surface area (TPSA) is 84.9 Å². The Labute approximate surface area is 229 Å². The first-order valence-corrected chi connectivity index (χ1v) is 12.3. The van der Waals surface area contributed by atoms with Gasteiger partial charge in [-0.3, -0.25) is 9.80 Å². The van der Waals surface area contributed by atoms with Gasteiger partial charge in [0.2, 0.25) is 0 Å². The zero-order chi connectivity index (χ0) is 23.9. The Hall–Kier alpha value is -2.06. The summed E-state index contributed by atoms with van der Waals surface area (Å²) in [5.41, 5.74) is 4.63. The number of hydrogen-bond acceptors (Lipinski definition) is 5. The Balaban J connectivity index is 0.00000289. The minimum atomic E-state index is -1.21. The number of carboxylic acid groups (broad SMARTS) is 1. The van der Waals surface area contributed by atoms with E-state index in [2.05, 4.69) is 29.3 Å². The zero-order valence-electron chi connectivity index (χ0n) is 20.9. The number of piperidine rings is 1. The van der Waals surface area contributed by atoms with Crippen molar-refractivity contribution in [3.05, 3.63) is 58.7 Å². The number of amides is 2. The van der Waals surface area contributed by atoms with Crippen molar-refractivity contribution in [3.63, 3.8) is 0 Å². The summed E-state index contributed by atoms with van der Waals surface area (Å²) in [6.07, 6.45) is 4.31. The molecule has 35 heavy (non-hydrogen) atoms.